The third-order valence-electron chi connectivity index (χ3n) is 8.59. The zero-order valence-corrected chi connectivity index (χ0v) is 20.7. The Kier molecular flexibility index (Phi) is 7.18. The Hall–Kier alpha value is -1.51. The van der Waals surface area contributed by atoms with Crippen molar-refractivity contribution in [2.75, 3.05) is 39.9 Å². The van der Waals surface area contributed by atoms with Gasteiger partial charge in [-0.1, -0.05) is 33.1 Å². The summed E-state index contributed by atoms with van der Waals surface area (Å²) in [7, 11) is 1.31. The van der Waals surface area contributed by atoms with Crippen LogP contribution in [0.1, 0.15) is 59.3 Å². The van der Waals surface area contributed by atoms with Gasteiger partial charge in [0.1, 0.15) is 0 Å². The predicted octanol–water partition coefficient (Wildman–Crippen LogP) is 1.72. The van der Waals surface area contributed by atoms with Crippen molar-refractivity contribution < 1.29 is 23.9 Å². The first kappa shape index (κ1) is 24.6. The summed E-state index contributed by atoms with van der Waals surface area (Å²) < 4.78 is 11.3. The summed E-state index contributed by atoms with van der Waals surface area (Å²) in [6.07, 6.45) is 6.00. The molecule has 2 N–H and O–H groups in total. The molecule has 8 heteroatoms. The lowest BCUT2D eigenvalue weighted by molar-refractivity contribution is -0.170. The highest BCUT2D eigenvalue weighted by atomic mass is 16.5. The van der Waals surface area contributed by atoms with Crippen molar-refractivity contribution in [3.8, 4) is 0 Å². The van der Waals surface area contributed by atoms with E-state index in [0.29, 0.717) is 19.1 Å². The second kappa shape index (κ2) is 9.62. The molecule has 4 atom stereocenters. The molecule has 1 unspecified atom stereocenters. The van der Waals surface area contributed by atoms with Crippen molar-refractivity contribution in [1.29, 1.82) is 0 Å². The maximum absolute atomic E-state index is 14.0. The van der Waals surface area contributed by atoms with Crippen molar-refractivity contribution in [2.45, 2.75) is 71.4 Å². The number of nitrogens with zero attached hydrogens (tertiary/aromatic N) is 1. The topological polar surface area (TPSA) is 97.0 Å². The molecule has 2 aliphatic heterocycles. The van der Waals surface area contributed by atoms with E-state index in [4.69, 9.17) is 9.47 Å². The normalized spacial score (nSPS) is 29.7. The maximum atomic E-state index is 14.0. The Morgan fingerprint density at radius 2 is 1.61 bits per heavy atom. The minimum atomic E-state index is -1.07. The smallest absolute Gasteiger partial charge is 0.331 e. The van der Waals surface area contributed by atoms with E-state index in [-0.39, 0.29) is 34.5 Å². The van der Waals surface area contributed by atoms with Crippen LogP contribution in [0.15, 0.2) is 0 Å². The van der Waals surface area contributed by atoms with Crippen LogP contribution in [0.5, 0.6) is 0 Å². The highest BCUT2D eigenvalue weighted by Gasteiger charge is 2.59. The number of hydrogen-bond donors (Lipinski definition) is 2. The minimum absolute atomic E-state index is 0.161. The van der Waals surface area contributed by atoms with Crippen LogP contribution >= 0.6 is 0 Å². The molecule has 8 nitrogen and oxygen atoms in total. The van der Waals surface area contributed by atoms with Crippen molar-refractivity contribution in [2.24, 2.45) is 28.6 Å². The average Bonchev–Trinajstić information content (AvgIpc) is 3.20. The quantitative estimate of drug-likeness (QED) is 0.418. The van der Waals surface area contributed by atoms with Crippen molar-refractivity contribution >= 4 is 17.8 Å². The largest absolute Gasteiger partial charge is 0.467 e. The van der Waals surface area contributed by atoms with Gasteiger partial charge in [0.15, 0.2) is 6.04 Å². The molecule has 2 amide bonds. The molecule has 4 fully saturated rings. The number of nitrogens with one attached hydrogen (secondary N) is 2. The van der Waals surface area contributed by atoms with Crippen molar-refractivity contribution in [1.82, 2.24) is 15.5 Å². The summed E-state index contributed by atoms with van der Waals surface area (Å²) in [6.45, 7) is 9.13. The maximum Gasteiger partial charge on any atom is 0.331 e. The predicted molar refractivity (Wildman–Crippen MR) is 123 cm³/mol. The van der Waals surface area contributed by atoms with Gasteiger partial charge in [0.05, 0.1) is 19.1 Å². The fourth-order valence-electron chi connectivity index (χ4n) is 5.94. The average molecular weight is 464 g/mol. The number of imide groups is 1. The number of amides is 2. The summed E-state index contributed by atoms with van der Waals surface area (Å²) in [5.74, 6) is -1.25. The molecule has 186 valence electrons. The Morgan fingerprint density at radius 3 is 2.15 bits per heavy atom. The molecule has 2 heterocycles. The fraction of sp³-hybridized carbons (Fsp3) is 0.880. The molecular weight excluding hydrogens is 422 g/mol. The summed E-state index contributed by atoms with van der Waals surface area (Å²) in [6, 6.07) is -1.07. The van der Waals surface area contributed by atoms with Crippen LogP contribution in [0, 0.1) is 28.6 Å². The van der Waals surface area contributed by atoms with E-state index < -0.39 is 18.1 Å². The molecule has 0 aromatic carbocycles. The fourth-order valence-corrected chi connectivity index (χ4v) is 5.94. The number of carbonyl (C=O) groups is 3. The summed E-state index contributed by atoms with van der Waals surface area (Å²) in [4.78, 5) is 42.0. The van der Waals surface area contributed by atoms with Gasteiger partial charge >= 0.3 is 5.97 Å². The molecule has 2 aliphatic carbocycles. The van der Waals surface area contributed by atoms with Gasteiger partial charge in [-0.25, -0.2) is 4.79 Å². The number of esters is 1. The van der Waals surface area contributed by atoms with E-state index in [1.165, 1.54) is 31.3 Å². The van der Waals surface area contributed by atoms with E-state index in [0.717, 1.165) is 38.9 Å². The molecule has 4 rings (SSSR count). The van der Waals surface area contributed by atoms with E-state index in [1.807, 2.05) is 13.8 Å². The van der Waals surface area contributed by atoms with Crippen LogP contribution in [-0.4, -0.2) is 74.7 Å². The zero-order chi connectivity index (χ0) is 23.8. The van der Waals surface area contributed by atoms with E-state index >= 15 is 0 Å². The van der Waals surface area contributed by atoms with Gasteiger partial charge in [0.25, 0.3) is 0 Å². The number of methoxy groups -OCH3 is 1. The van der Waals surface area contributed by atoms with Crippen LogP contribution in [0.4, 0.5) is 0 Å². The minimum Gasteiger partial charge on any atom is -0.467 e. The molecule has 1 spiro atoms. The van der Waals surface area contributed by atoms with Gasteiger partial charge in [-0.2, -0.15) is 0 Å². The molecular formula is C25H41N3O5. The van der Waals surface area contributed by atoms with Gasteiger partial charge in [-0.15, -0.1) is 0 Å². The third kappa shape index (κ3) is 4.84. The van der Waals surface area contributed by atoms with Crippen LogP contribution in [0.3, 0.4) is 0 Å². The second-order valence-corrected chi connectivity index (χ2v) is 11.5. The van der Waals surface area contributed by atoms with Crippen LogP contribution < -0.4 is 10.6 Å². The highest BCUT2D eigenvalue weighted by Crippen LogP contribution is 2.53. The zero-order valence-electron chi connectivity index (χ0n) is 20.7. The molecule has 0 bridgehead atoms. The van der Waals surface area contributed by atoms with E-state index in [1.54, 1.807) is 6.92 Å². The first-order valence-electron chi connectivity index (χ1n) is 12.7. The van der Waals surface area contributed by atoms with Crippen LogP contribution in [0.25, 0.3) is 0 Å². The van der Waals surface area contributed by atoms with Gasteiger partial charge in [-0.05, 0) is 37.5 Å². The lowest BCUT2D eigenvalue weighted by atomic mass is 9.72. The first-order chi connectivity index (χ1) is 15.7. The number of carbonyl (C=O) groups excluding carboxylic acids is 3. The molecule has 0 radical (unpaired) electrons. The van der Waals surface area contributed by atoms with Gasteiger partial charge in [-0.3, -0.25) is 14.5 Å². The molecule has 2 saturated heterocycles. The summed E-state index contributed by atoms with van der Waals surface area (Å²) >= 11 is 0. The SMILES string of the molecule is COC(=O)[C@H]([C@@H](C)OCC1CCCCC1)N(C(=O)C1CNCC12CNC2)C(=O)[C@H]1CC1(C)C. The van der Waals surface area contributed by atoms with Crippen LogP contribution in [-0.2, 0) is 23.9 Å². The van der Waals surface area contributed by atoms with E-state index in [9.17, 15) is 14.4 Å². The number of ether oxygens (including phenoxy) is 2. The number of rotatable bonds is 8. The summed E-state index contributed by atoms with van der Waals surface area (Å²) in [5.41, 5.74) is -0.354. The highest BCUT2D eigenvalue weighted by molar-refractivity contribution is 6.03. The first-order valence-corrected chi connectivity index (χ1v) is 12.7. The lowest BCUT2D eigenvalue weighted by Gasteiger charge is -2.45. The number of hydrogen-bond acceptors (Lipinski definition) is 7. The van der Waals surface area contributed by atoms with Gasteiger partial charge in [0.2, 0.25) is 11.8 Å². The Bertz CT molecular complexity index is 759. The van der Waals surface area contributed by atoms with Crippen molar-refractivity contribution in [3.05, 3.63) is 0 Å². The molecule has 33 heavy (non-hydrogen) atoms. The molecule has 0 aromatic rings. The van der Waals surface area contributed by atoms with Crippen LogP contribution in [0.2, 0.25) is 0 Å². The Balaban J connectivity index is 1.58. The van der Waals surface area contributed by atoms with Crippen molar-refractivity contribution in [3.63, 3.8) is 0 Å². The van der Waals surface area contributed by atoms with Gasteiger partial charge in [0, 0.05) is 44.1 Å². The Morgan fingerprint density at radius 1 is 1.00 bits per heavy atom. The summed E-state index contributed by atoms with van der Waals surface area (Å²) in [5, 5.41) is 6.61. The second-order valence-electron chi connectivity index (χ2n) is 11.5. The van der Waals surface area contributed by atoms with E-state index in [2.05, 4.69) is 10.6 Å². The molecule has 0 aromatic heterocycles. The standard InChI is InChI=1S/C25H41N3O5/c1-16(33-12-17-8-6-5-7-9-17)20(23(31)32-4)28(21(29)18-10-24(18,2)3)22(30)19-11-26-13-25(19)14-27-15-25/h16-20,26-27H,5-15H2,1-4H3/t16-,18-,19?,20+/m1/s1. The monoisotopic (exact) mass is 463 g/mol. The lowest BCUT2D eigenvalue weighted by Crippen LogP contribution is -2.64. The third-order valence-corrected chi connectivity index (χ3v) is 8.59. The molecule has 4 aliphatic rings. The molecule has 2 saturated carbocycles. The van der Waals surface area contributed by atoms with Gasteiger partial charge < -0.3 is 20.1 Å². The Labute approximate surface area is 197 Å².